The number of ether oxygens (including phenoxy) is 1. The first-order chi connectivity index (χ1) is 9.24. The number of pyridine rings is 1. The van der Waals surface area contributed by atoms with Gasteiger partial charge in [0.25, 0.3) is 0 Å². The Morgan fingerprint density at radius 3 is 3.00 bits per heavy atom. The van der Waals surface area contributed by atoms with Crippen LogP contribution in [0.2, 0.25) is 0 Å². The van der Waals surface area contributed by atoms with E-state index in [1.807, 2.05) is 37.4 Å². The fourth-order valence-electron chi connectivity index (χ4n) is 2.22. The van der Waals surface area contributed by atoms with Gasteiger partial charge >= 0.3 is 0 Å². The molecule has 4 heteroatoms. The van der Waals surface area contributed by atoms with Crippen LogP contribution in [0.4, 0.5) is 11.5 Å². The highest BCUT2D eigenvalue weighted by Crippen LogP contribution is 2.26. The fraction of sp³-hybridized carbons (Fsp3) is 0.267. The number of hydrogen-bond acceptors (Lipinski definition) is 4. The Hall–Kier alpha value is -2.23. The summed E-state index contributed by atoms with van der Waals surface area (Å²) >= 11 is 0. The van der Waals surface area contributed by atoms with E-state index in [-0.39, 0.29) is 0 Å². The van der Waals surface area contributed by atoms with E-state index in [0.717, 1.165) is 35.9 Å². The van der Waals surface area contributed by atoms with Gasteiger partial charge in [-0.25, -0.2) is 4.98 Å². The number of rotatable bonds is 1. The Kier molecular flexibility index (Phi) is 2.99. The quantitative estimate of drug-likeness (QED) is 0.850. The SMILES string of the molecule is Cc1cnc(N2CCOc3ccccc3C2)cc1N. The first-order valence-corrected chi connectivity index (χ1v) is 6.42. The third kappa shape index (κ3) is 2.34. The van der Waals surface area contributed by atoms with E-state index in [9.17, 15) is 0 Å². The first kappa shape index (κ1) is 11.8. The molecule has 98 valence electrons. The molecule has 1 aliphatic rings. The van der Waals surface area contributed by atoms with Gasteiger partial charge in [-0.05, 0) is 18.6 Å². The van der Waals surface area contributed by atoms with E-state index >= 15 is 0 Å². The van der Waals surface area contributed by atoms with Crippen molar-refractivity contribution in [3.8, 4) is 5.75 Å². The predicted molar refractivity (Wildman–Crippen MR) is 76.4 cm³/mol. The zero-order chi connectivity index (χ0) is 13.2. The predicted octanol–water partition coefficient (Wildman–Crippen LogP) is 2.37. The lowest BCUT2D eigenvalue weighted by Crippen LogP contribution is -2.26. The lowest BCUT2D eigenvalue weighted by Gasteiger charge is -2.21. The van der Waals surface area contributed by atoms with Gasteiger partial charge in [0.2, 0.25) is 0 Å². The van der Waals surface area contributed by atoms with Crippen molar-refractivity contribution in [2.45, 2.75) is 13.5 Å². The smallest absolute Gasteiger partial charge is 0.130 e. The standard InChI is InChI=1S/C15H17N3O/c1-11-9-17-15(8-13(11)16)18-6-7-19-14-5-3-2-4-12(14)10-18/h2-5,8-9H,6-7,10H2,1H3,(H2,16,17). The molecule has 1 aliphatic heterocycles. The van der Waals surface area contributed by atoms with Crippen LogP contribution in [0, 0.1) is 6.92 Å². The topological polar surface area (TPSA) is 51.4 Å². The second kappa shape index (κ2) is 4.80. The number of aromatic nitrogens is 1. The zero-order valence-corrected chi connectivity index (χ0v) is 11.0. The van der Waals surface area contributed by atoms with Crippen LogP contribution in [0.1, 0.15) is 11.1 Å². The number of fused-ring (bicyclic) bond motifs is 1. The van der Waals surface area contributed by atoms with Gasteiger partial charge in [-0.15, -0.1) is 0 Å². The van der Waals surface area contributed by atoms with Crippen molar-refractivity contribution in [3.05, 3.63) is 47.7 Å². The molecule has 0 atom stereocenters. The zero-order valence-electron chi connectivity index (χ0n) is 11.0. The Morgan fingerprint density at radius 2 is 2.16 bits per heavy atom. The van der Waals surface area contributed by atoms with E-state index in [4.69, 9.17) is 10.5 Å². The first-order valence-electron chi connectivity index (χ1n) is 6.42. The molecule has 0 fully saturated rings. The Morgan fingerprint density at radius 1 is 1.32 bits per heavy atom. The summed E-state index contributed by atoms with van der Waals surface area (Å²) < 4.78 is 5.75. The average Bonchev–Trinajstić information content (AvgIpc) is 2.64. The highest BCUT2D eigenvalue weighted by Gasteiger charge is 2.16. The van der Waals surface area contributed by atoms with Gasteiger partial charge in [-0.2, -0.15) is 0 Å². The molecule has 0 spiro atoms. The Labute approximate surface area is 112 Å². The summed E-state index contributed by atoms with van der Waals surface area (Å²) in [5, 5.41) is 0. The highest BCUT2D eigenvalue weighted by molar-refractivity contribution is 5.55. The summed E-state index contributed by atoms with van der Waals surface area (Å²) in [5.41, 5.74) is 8.93. The number of aryl methyl sites for hydroxylation is 1. The molecule has 1 aromatic carbocycles. The molecule has 0 saturated carbocycles. The number of benzene rings is 1. The molecule has 0 bridgehead atoms. The minimum atomic E-state index is 0.659. The maximum atomic E-state index is 5.96. The third-order valence-electron chi connectivity index (χ3n) is 3.41. The fourth-order valence-corrected chi connectivity index (χ4v) is 2.22. The van der Waals surface area contributed by atoms with Gasteiger partial charge in [-0.1, -0.05) is 18.2 Å². The summed E-state index contributed by atoms with van der Waals surface area (Å²) in [6.45, 7) is 4.23. The number of para-hydroxylation sites is 1. The molecule has 19 heavy (non-hydrogen) atoms. The van der Waals surface area contributed by atoms with Crippen LogP contribution in [-0.2, 0) is 6.54 Å². The molecule has 2 heterocycles. The molecule has 0 saturated heterocycles. The van der Waals surface area contributed by atoms with Gasteiger partial charge in [0, 0.05) is 30.1 Å². The van der Waals surface area contributed by atoms with Gasteiger partial charge in [0.1, 0.15) is 18.2 Å². The third-order valence-corrected chi connectivity index (χ3v) is 3.41. The van der Waals surface area contributed by atoms with Crippen LogP contribution in [0.3, 0.4) is 0 Å². The Balaban J connectivity index is 1.92. The molecule has 3 rings (SSSR count). The lowest BCUT2D eigenvalue weighted by atomic mass is 10.2. The van der Waals surface area contributed by atoms with E-state index < -0.39 is 0 Å². The second-order valence-corrected chi connectivity index (χ2v) is 4.78. The highest BCUT2D eigenvalue weighted by atomic mass is 16.5. The van der Waals surface area contributed by atoms with Crippen molar-refractivity contribution in [2.24, 2.45) is 0 Å². The van der Waals surface area contributed by atoms with Crippen LogP contribution >= 0.6 is 0 Å². The minimum absolute atomic E-state index is 0.659. The number of anilines is 2. The molecule has 2 aromatic rings. The molecule has 2 N–H and O–H groups in total. The van der Waals surface area contributed by atoms with Crippen molar-refractivity contribution in [1.29, 1.82) is 0 Å². The van der Waals surface area contributed by atoms with Crippen LogP contribution in [0.15, 0.2) is 36.5 Å². The number of nitrogens with two attached hydrogens (primary N) is 1. The molecule has 1 aromatic heterocycles. The van der Waals surface area contributed by atoms with Gasteiger partial charge in [0.05, 0.1) is 6.54 Å². The molecule has 0 unspecified atom stereocenters. The van der Waals surface area contributed by atoms with Crippen LogP contribution in [0.5, 0.6) is 5.75 Å². The van der Waals surface area contributed by atoms with Crippen LogP contribution < -0.4 is 15.4 Å². The number of nitrogen functional groups attached to an aromatic ring is 1. The molecule has 4 nitrogen and oxygen atoms in total. The summed E-state index contributed by atoms with van der Waals surface area (Å²) in [5.74, 6) is 1.87. The minimum Gasteiger partial charge on any atom is -0.491 e. The normalized spacial score (nSPS) is 14.5. The largest absolute Gasteiger partial charge is 0.491 e. The van der Waals surface area contributed by atoms with Gasteiger partial charge in [0.15, 0.2) is 0 Å². The molecule has 0 radical (unpaired) electrons. The summed E-state index contributed by atoms with van der Waals surface area (Å²) in [6, 6.07) is 10.1. The molecular formula is C15H17N3O. The van der Waals surface area contributed by atoms with E-state index in [2.05, 4.69) is 16.0 Å². The van der Waals surface area contributed by atoms with Crippen molar-refractivity contribution < 1.29 is 4.74 Å². The van der Waals surface area contributed by atoms with E-state index in [1.54, 1.807) is 0 Å². The summed E-state index contributed by atoms with van der Waals surface area (Å²) in [4.78, 5) is 6.66. The number of hydrogen-bond donors (Lipinski definition) is 1. The molecular weight excluding hydrogens is 238 g/mol. The van der Waals surface area contributed by atoms with Gasteiger partial charge < -0.3 is 15.4 Å². The van der Waals surface area contributed by atoms with Crippen molar-refractivity contribution in [3.63, 3.8) is 0 Å². The monoisotopic (exact) mass is 255 g/mol. The van der Waals surface area contributed by atoms with Crippen LogP contribution in [0.25, 0.3) is 0 Å². The van der Waals surface area contributed by atoms with Crippen molar-refractivity contribution in [1.82, 2.24) is 4.98 Å². The van der Waals surface area contributed by atoms with Crippen molar-refractivity contribution >= 4 is 11.5 Å². The van der Waals surface area contributed by atoms with Crippen molar-refractivity contribution in [2.75, 3.05) is 23.8 Å². The summed E-state index contributed by atoms with van der Waals surface area (Å²) in [7, 11) is 0. The molecule has 0 amide bonds. The average molecular weight is 255 g/mol. The number of nitrogens with zero attached hydrogens (tertiary/aromatic N) is 2. The Bertz CT molecular complexity index is 598. The summed E-state index contributed by atoms with van der Waals surface area (Å²) in [6.07, 6.45) is 1.82. The van der Waals surface area contributed by atoms with Crippen LogP contribution in [-0.4, -0.2) is 18.1 Å². The van der Waals surface area contributed by atoms with Gasteiger partial charge in [-0.3, -0.25) is 0 Å². The maximum absolute atomic E-state index is 5.96. The van der Waals surface area contributed by atoms with E-state index in [1.165, 1.54) is 5.56 Å². The molecule has 0 aliphatic carbocycles. The second-order valence-electron chi connectivity index (χ2n) is 4.78. The van der Waals surface area contributed by atoms with E-state index in [0.29, 0.717) is 6.61 Å². The maximum Gasteiger partial charge on any atom is 0.130 e. The lowest BCUT2D eigenvalue weighted by molar-refractivity contribution is 0.331.